The number of rotatable bonds is 5. The topological polar surface area (TPSA) is 68.3 Å². The third-order valence-electron chi connectivity index (χ3n) is 3.74. The molecular weight excluding hydrogens is 312 g/mol. The molecule has 1 heterocycles. The van der Waals surface area contributed by atoms with E-state index in [9.17, 15) is 9.59 Å². The van der Waals surface area contributed by atoms with Crippen LogP contribution in [-0.2, 0) is 19.0 Å². The molecule has 1 fully saturated rings. The molecule has 1 atom stereocenters. The molecular formula is C17H32N2O5. The van der Waals surface area contributed by atoms with E-state index < -0.39 is 17.2 Å². The van der Waals surface area contributed by atoms with Gasteiger partial charge in [-0.05, 0) is 41.5 Å². The van der Waals surface area contributed by atoms with Crippen LogP contribution in [0.4, 0.5) is 4.79 Å². The van der Waals surface area contributed by atoms with Crippen molar-refractivity contribution in [2.24, 2.45) is 0 Å². The van der Waals surface area contributed by atoms with E-state index in [1.54, 1.807) is 32.8 Å². The number of carbonyl (C=O) groups excluding carboxylic acids is 2. The fourth-order valence-corrected chi connectivity index (χ4v) is 2.43. The number of amides is 2. The summed E-state index contributed by atoms with van der Waals surface area (Å²) in [6.45, 7) is 12.9. The summed E-state index contributed by atoms with van der Waals surface area (Å²) in [4.78, 5) is 28.3. The monoisotopic (exact) mass is 344 g/mol. The van der Waals surface area contributed by atoms with Crippen molar-refractivity contribution in [1.82, 2.24) is 9.80 Å². The number of carbonyl (C=O) groups is 2. The molecule has 24 heavy (non-hydrogen) atoms. The summed E-state index contributed by atoms with van der Waals surface area (Å²) in [5.74, 6) is -0.114. The SMILES string of the molecule is COCCN(CC(=O)N1C[C@H](C)OCC1(C)C)C(=O)OC(C)(C)C. The van der Waals surface area contributed by atoms with Crippen molar-refractivity contribution in [3.63, 3.8) is 0 Å². The second-order valence-corrected chi connectivity index (χ2v) is 7.83. The maximum atomic E-state index is 12.8. The Morgan fingerprint density at radius 2 is 1.96 bits per heavy atom. The fraction of sp³-hybridized carbons (Fsp3) is 0.882. The first-order valence-corrected chi connectivity index (χ1v) is 8.35. The Morgan fingerprint density at radius 3 is 2.50 bits per heavy atom. The van der Waals surface area contributed by atoms with Gasteiger partial charge in [0.1, 0.15) is 12.1 Å². The van der Waals surface area contributed by atoms with E-state index in [0.29, 0.717) is 26.3 Å². The molecule has 0 aromatic rings. The quantitative estimate of drug-likeness (QED) is 0.762. The van der Waals surface area contributed by atoms with Crippen molar-refractivity contribution in [2.45, 2.75) is 58.8 Å². The van der Waals surface area contributed by atoms with Crippen LogP contribution in [0.25, 0.3) is 0 Å². The van der Waals surface area contributed by atoms with Crippen molar-refractivity contribution >= 4 is 12.0 Å². The van der Waals surface area contributed by atoms with E-state index in [-0.39, 0.29) is 18.6 Å². The molecule has 1 rings (SSSR count). The third kappa shape index (κ3) is 6.28. The molecule has 1 saturated heterocycles. The van der Waals surface area contributed by atoms with Crippen LogP contribution in [0, 0.1) is 0 Å². The van der Waals surface area contributed by atoms with E-state index in [1.807, 2.05) is 20.8 Å². The smallest absolute Gasteiger partial charge is 0.410 e. The Kier molecular flexibility index (Phi) is 7.04. The van der Waals surface area contributed by atoms with Crippen molar-refractivity contribution in [3.05, 3.63) is 0 Å². The maximum absolute atomic E-state index is 12.8. The summed E-state index contributed by atoms with van der Waals surface area (Å²) in [6, 6.07) is 0. The highest BCUT2D eigenvalue weighted by Crippen LogP contribution is 2.22. The molecule has 2 amide bonds. The van der Waals surface area contributed by atoms with Crippen LogP contribution in [-0.4, -0.2) is 79.0 Å². The Balaban J connectivity index is 2.80. The standard InChI is InChI=1S/C17H32N2O5/c1-13-10-19(17(5,6)12-23-13)14(20)11-18(8-9-22-7)15(21)24-16(2,3)4/h13H,8-12H2,1-7H3/t13-/m0/s1. The first kappa shape index (κ1) is 20.7. The van der Waals surface area contributed by atoms with Gasteiger partial charge < -0.3 is 19.1 Å². The summed E-state index contributed by atoms with van der Waals surface area (Å²) in [5, 5.41) is 0. The lowest BCUT2D eigenvalue weighted by molar-refractivity contribution is -0.153. The van der Waals surface area contributed by atoms with Crippen LogP contribution in [0.1, 0.15) is 41.5 Å². The lowest BCUT2D eigenvalue weighted by Crippen LogP contribution is -2.60. The Labute approximate surface area is 145 Å². The first-order valence-electron chi connectivity index (χ1n) is 8.35. The van der Waals surface area contributed by atoms with Crippen molar-refractivity contribution in [2.75, 3.05) is 40.0 Å². The number of morpholine rings is 1. The minimum absolute atomic E-state index is 0.0177. The van der Waals surface area contributed by atoms with Crippen molar-refractivity contribution in [1.29, 1.82) is 0 Å². The maximum Gasteiger partial charge on any atom is 0.410 e. The molecule has 0 spiro atoms. The molecule has 0 aromatic carbocycles. The molecule has 0 aromatic heterocycles. The predicted molar refractivity (Wildman–Crippen MR) is 90.9 cm³/mol. The number of hydrogen-bond donors (Lipinski definition) is 0. The van der Waals surface area contributed by atoms with Gasteiger partial charge in [0.05, 0.1) is 24.9 Å². The molecule has 0 unspecified atom stereocenters. The average Bonchev–Trinajstić information content (AvgIpc) is 2.43. The van der Waals surface area contributed by atoms with Crippen molar-refractivity contribution < 1.29 is 23.8 Å². The van der Waals surface area contributed by atoms with Crippen LogP contribution in [0.15, 0.2) is 0 Å². The fourth-order valence-electron chi connectivity index (χ4n) is 2.43. The van der Waals surface area contributed by atoms with Gasteiger partial charge in [0, 0.05) is 20.2 Å². The summed E-state index contributed by atoms with van der Waals surface area (Å²) < 4.78 is 16.1. The molecule has 0 aliphatic carbocycles. The van der Waals surface area contributed by atoms with Crippen LogP contribution in [0.2, 0.25) is 0 Å². The molecule has 1 aliphatic heterocycles. The van der Waals surface area contributed by atoms with Gasteiger partial charge in [0.25, 0.3) is 0 Å². The zero-order chi connectivity index (χ0) is 18.5. The van der Waals surface area contributed by atoms with E-state index in [0.717, 1.165) is 0 Å². The Hall–Kier alpha value is -1.34. The van der Waals surface area contributed by atoms with Gasteiger partial charge >= 0.3 is 6.09 Å². The highest BCUT2D eigenvalue weighted by atomic mass is 16.6. The van der Waals surface area contributed by atoms with Crippen molar-refractivity contribution in [3.8, 4) is 0 Å². The zero-order valence-electron chi connectivity index (χ0n) is 16.0. The van der Waals surface area contributed by atoms with Gasteiger partial charge in [-0.3, -0.25) is 9.69 Å². The minimum atomic E-state index is -0.613. The van der Waals surface area contributed by atoms with E-state index in [1.165, 1.54) is 4.90 Å². The van der Waals surface area contributed by atoms with Crippen LogP contribution < -0.4 is 0 Å². The van der Waals surface area contributed by atoms with Gasteiger partial charge in [-0.1, -0.05) is 0 Å². The zero-order valence-corrected chi connectivity index (χ0v) is 16.0. The van der Waals surface area contributed by atoms with E-state index in [4.69, 9.17) is 14.2 Å². The molecule has 7 nitrogen and oxygen atoms in total. The molecule has 140 valence electrons. The van der Waals surface area contributed by atoms with Gasteiger partial charge in [0.2, 0.25) is 5.91 Å². The van der Waals surface area contributed by atoms with Crippen LogP contribution >= 0.6 is 0 Å². The molecule has 0 radical (unpaired) electrons. The number of methoxy groups -OCH3 is 1. The summed E-state index contributed by atoms with van der Waals surface area (Å²) >= 11 is 0. The predicted octanol–water partition coefficient (Wildman–Crippen LogP) is 1.90. The van der Waals surface area contributed by atoms with Gasteiger partial charge in [-0.25, -0.2) is 4.79 Å². The summed E-state index contributed by atoms with van der Waals surface area (Å²) in [7, 11) is 1.56. The first-order chi connectivity index (χ1) is 11.0. The summed E-state index contributed by atoms with van der Waals surface area (Å²) in [5.41, 5.74) is -1.01. The minimum Gasteiger partial charge on any atom is -0.444 e. The van der Waals surface area contributed by atoms with Crippen LogP contribution in [0.3, 0.4) is 0 Å². The van der Waals surface area contributed by atoms with E-state index >= 15 is 0 Å². The third-order valence-corrected chi connectivity index (χ3v) is 3.74. The van der Waals surface area contributed by atoms with E-state index in [2.05, 4.69) is 0 Å². The normalized spacial score (nSPS) is 20.6. The van der Waals surface area contributed by atoms with Gasteiger partial charge in [-0.2, -0.15) is 0 Å². The average molecular weight is 344 g/mol. The molecule has 0 saturated carbocycles. The number of ether oxygens (including phenoxy) is 3. The Morgan fingerprint density at radius 1 is 1.33 bits per heavy atom. The molecule has 0 bridgehead atoms. The largest absolute Gasteiger partial charge is 0.444 e. The highest BCUT2D eigenvalue weighted by Gasteiger charge is 2.37. The van der Waals surface area contributed by atoms with Gasteiger partial charge in [0.15, 0.2) is 0 Å². The Bertz CT molecular complexity index is 445. The second-order valence-electron chi connectivity index (χ2n) is 7.83. The molecule has 0 N–H and O–H groups in total. The number of nitrogens with zero attached hydrogens (tertiary/aromatic N) is 2. The van der Waals surface area contributed by atoms with Crippen LogP contribution in [0.5, 0.6) is 0 Å². The number of hydrogen-bond acceptors (Lipinski definition) is 5. The molecule has 1 aliphatic rings. The lowest BCUT2D eigenvalue weighted by atomic mass is 10.0. The second kappa shape index (κ2) is 8.16. The molecule has 7 heteroatoms. The highest BCUT2D eigenvalue weighted by molar-refractivity contribution is 5.83. The van der Waals surface area contributed by atoms with Gasteiger partial charge in [-0.15, -0.1) is 0 Å². The summed E-state index contributed by atoms with van der Waals surface area (Å²) in [6.07, 6.45) is -0.525. The lowest BCUT2D eigenvalue weighted by Gasteiger charge is -2.45.